The van der Waals surface area contributed by atoms with Crippen molar-refractivity contribution in [2.45, 2.75) is 65.4 Å². The Morgan fingerprint density at radius 3 is 2.25 bits per heavy atom. The van der Waals surface area contributed by atoms with Gasteiger partial charge < -0.3 is 5.11 Å². The third kappa shape index (κ3) is 4.29. The highest BCUT2D eigenvalue weighted by atomic mass is 16.3. The normalized spacial score (nSPS) is 22.8. The smallest absolute Gasteiger partial charge is 0.0631 e. The molecule has 0 unspecified atom stereocenters. The zero-order valence-corrected chi connectivity index (χ0v) is 11.2. The quantitative estimate of drug-likeness (QED) is 0.711. The third-order valence-electron chi connectivity index (χ3n) is 3.72. The molecule has 1 rings (SSSR count). The molecule has 1 aliphatic rings. The largest absolute Gasteiger partial charge is 0.392 e. The Morgan fingerprint density at radius 2 is 1.81 bits per heavy atom. The second-order valence-electron chi connectivity index (χ2n) is 6.55. The molecule has 0 aromatic heterocycles. The van der Waals surface area contributed by atoms with Crippen LogP contribution in [0.4, 0.5) is 0 Å². The van der Waals surface area contributed by atoms with E-state index in [4.69, 9.17) is 0 Å². The topological polar surface area (TPSA) is 20.2 Å². The Bertz CT molecular complexity index is 208. The van der Waals surface area contributed by atoms with E-state index in [2.05, 4.69) is 27.4 Å². The van der Waals surface area contributed by atoms with E-state index in [0.717, 1.165) is 6.42 Å². The van der Waals surface area contributed by atoms with Crippen LogP contribution in [-0.2, 0) is 0 Å². The second kappa shape index (κ2) is 5.86. The molecule has 1 saturated carbocycles. The zero-order valence-electron chi connectivity index (χ0n) is 11.2. The Morgan fingerprint density at radius 1 is 1.25 bits per heavy atom. The fraction of sp³-hybridized carbons (Fsp3) is 0.867. The SMILES string of the molecule is C=C[C@@H](CC(C)(C)C)[C@@H](O)C1CCCCC1. The van der Waals surface area contributed by atoms with E-state index < -0.39 is 0 Å². The van der Waals surface area contributed by atoms with Gasteiger partial charge in [-0.25, -0.2) is 0 Å². The lowest BCUT2D eigenvalue weighted by atomic mass is 9.75. The number of aliphatic hydroxyl groups excluding tert-OH is 1. The van der Waals surface area contributed by atoms with Crippen molar-refractivity contribution < 1.29 is 5.11 Å². The summed E-state index contributed by atoms with van der Waals surface area (Å²) in [7, 11) is 0. The van der Waals surface area contributed by atoms with Crippen LogP contribution in [0.15, 0.2) is 12.7 Å². The molecule has 0 saturated heterocycles. The Hall–Kier alpha value is -0.300. The van der Waals surface area contributed by atoms with Gasteiger partial charge in [0.25, 0.3) is 0 Å². The number of rotatable bonds is 4. The van der Waals surface area contributed by atoms with Crippen LogP contribution in [0.2, 0.25) is 0 Å². The molecule has 0 aromatic carbocycles. The molecule has 0 heterocycles. The molecule has 94 valence electrons. The number of hydrogen-bond donors (Lipinski definition) is 1. The standard InChI is InChI=1S/C15H28O/c1-5-12(11-15(2,3)4)14(16)13-9-7-6-8-10-13/h5,12-14,16H,1,6-11H2,2-4H3/t12-,14+/m0/s1. The van der Waals surface area contributed by atoms with E-state index in [-0.39, 0.29) is 17.4 Å². The Kier molecular flexibility index (Phi) is 5.04. The molecule has 0 radical (unpaired) electrons. The van der Waals surface area contributed by atoms with Gasteiger partial charge in [-0.3, -0.25) is 0 Å². The summed E-state index contributed by atoms with van der Waals surface area (Å²) in [5, 5.41) is 10.4. The van der Waals surface area contributed by atoms with E-state index in [1.54, 1.807) is 0 Å². The summed E-state index contributed by atoms with van der Waals surface area (Å²) in [6.45, 7) is 10.6. The summed E-state index contributed by atoms with van der Waals surface area (Å²) in [4.78, 5) is 0. The zero-order chi connectivity index (χ0) is 12.2. The van der Waals surface area contributed by atoms with Crippen LogP contribution >= 0.6 is 0 Å². The van der Waals surface area contributed by atoms with Crippen molar-refractivity contribution in [2.24, 2.45) is 17.3 Å². The Labute approximate surface area is 101 Å². The van der Waals surface area contributed by atoms with Gasteiger partial charge in [-0.2, -0.15) is 0 Å². The molecule has 1 fully saturated rings. The van der Waals surface area contributed by atoms with Gasteiger partial charge in [-0.15, -0.1) is 6.58 Å². The molecule has 16 heavy (non-hydrogen) atoms. The van der Waals surface area contributed by atoms with Crippen LogP contribution in [0.1, 0.15) is 59.3 Å². The van der Waals surface area contributed by atoms with E-state index in [1.807, 2.05) is 6.08 Å². The lowest BCUT2D eigenvalue weighted by Crippen LogP contribution is -2.32. The first kappa shape index (κ1) is 13.8. The van der Waals surface area contributed by atoms with Gasteiger partial charge in [0.15, 0.2) is 0 Å². The number of hydrogen-bond acceptors (Lipinski definition) is 1. The summed E-state index contributed by atoms with van der Waals surface area (Å²) in [6.07, 6.45) is 9.17. The monoisotopic (exact) mass is 224 g/mol. The van der Waals surface area contributed by atoms with Gasteiger partial charge in [0.2, 0.25) is 0 Å². The molecule has 2 atom stereocenters. The molecule has 0 aliphatic heterocycles. The van der Waals surface area contributed by atoms with Crippen LogP contribution in [0.25, 0.3) is 0 Å². The predicted molar refractivity (Wildman–Crippen MR) is 70.3 cm³/mol. The molecule has 1 nitrogen and oxygen atoms in total. The average molecular weight is 224 g/mol. The van der Waals surface area contributed by atoms with Crippen molar-refractivity contribution >= 4 is 0 Å². The Balaban J connectivity index is 2.53. The van der Waals surface area contributed by atoms with E-state index in [9.17, 15) is 5.11 Å². The maximum Gasteiger partial charge on any atom is 0.0631 e. The van der Waals surface area contributed by atoms with Crippen LogP contribution in [0, 0.1) is 17.3 Å². The summed E-state index contributed by atoms with van der Waals surface area (Å²) in [6, 6.07) is 0. The van der Waals surface area contributed by atoms with Gasteiger partial charge in [-0.1, -0.05) is 46.1 Å². The van der Waals surface area contributed by atoms with E-state index in [1.165, 1.54) is 32.1 Å². The first-order chi connectivity index (χ1) is 7.44. The van der Waals surface area contributed by atoms with Crippen molar-refractivity contribution in [3.8, 4) is 0 Å². The molecule has 1 N–H and O–H groups in total. The molecule has 0 aromatic rings. The molecular weight excluding hydrogens is 196 g/mol. The van der Waals surface area contributed by atoms with Gasteiger partial charge >= 0.3 is 0 Å². The molecule has 1 aliphatic carbocycles. The van der Waals surface area contributed by atoms with Crippen LogP contribution in [0.3, 0.4) is 0 Å². The van der Waals surface area contributed by atoms with Gasteiger partial charge in [-0.05, 0) is 30.6 Å². The van der Waals surface area contributed by atoms with Crippen molar-refractivity contribution in [3.63, 3.8) is 0 Å². The molecule has 0 spiro atoms. The van der Waals surface area contributed by atoms with Gasteiger partial charge in [0, 0.05) is 5.92 Å². The summed E-state index contributed by atoms with van der Waals surface area (Å²) >= 11 is 0. The summed E-state index contributed by atoms with van der Waals surface area (Å²) in [5.41, 5.74) is 0.272. The fourth-order valence-electron chi connectivity index (χ4n) is 2.88. The molecule has 0 amide bonds. The van der Waals surface area contributed by atoms with Crippen LogP contribution in [0.5, 0.6) is 0 Å². The van der Waals surface area contributed by atoms with E-state index >= 15 is 0 Å². The van der Waals surface area contributed by atoms with Crippen molar-refractivity contribution in [2.75, 3.05) is 0 Å². The minimum atomic E-state index is -0.169. The highest BCUT2D eigenvalue weighted by Crippen LogP contribution is 2.34. The highest BCUT2D eigenvalue weighted by molar-refractivity contribution is 4.91. The van der Waals surface area contributed by atoms with Gasteiger partial charge in [0.1, 0.15) is 0 Å². The minimum Gasteiger partial charge on any atom is -0.392 e. The molecule has 0 bridgehead atoms. The summed E-state index contributed by atoms with van der Waals surface area (Å²) in [5.74, 6) is 0.780. The maximum absolute atomic E-state index is 10.4. The molecular formula is C15H28O. The minimum absolute atomic E-state index is 0.169. The van der Waals surface area contributed by atoms with Crippen molar-refractivity contribution in [1.82, 2.24) is 0 Å². The van der Waals surface area contributed by atoms with Crippen LogP contribution < -0.4 is 0 Å². The predicted octanol–water partition coefficient (Wildman–Crippen LogP) is 4.17. The second-order valence-corrected chi connectivity index (χ2v) is 6.55. The van der Waals surface area contributed by atoms with Crippen molar-refractivity contribution in [1.29, 1.82) is 0 Å². The first-order valence-corrected chi connectivity index (χ1v) is 6.74. The average Bonchev–Trinajstić information content (AvgIpc) is 2.25. The summed E-state index contributed by atoms with van der Waals surface area (Å²) < 4.78 is 0. The van der Waals surface area contributed by atoms with Crippen LogP contribution in [-0.4, -0.2) is 11.2 Å². The van der Waals surface area contributed by atoms with Gasteiger partial charge in [0.05, 0.1) is 6.10 Å². The fourth-order valence-corrected chi connectivity index (χ4v) is 2.88. The maximum atomic E-state index is 10.4. The van der Waals surface area contributed by atoms with Crippen molar-refractivity contribution in [3.05, 3.63) is 12.7 Å². The lowest BCUT2D eigenvalue weighted by molar-refractivity contribution is 0.0357. The van der Waals surface area contributed by atoms with E-state index in [0.29, 0.717) is 5.92 Å². The lowest BCUT2D eigenvalue weighted by Gasteiger charge is -2.34. The third-order valence-corrected chi connectivity index (χ3v) is 3.72. The number of aliphatic hydroxyl groups is 1. The highest BCUT2D eigenvalue weighted by Gasteiger charge is 2.29. The molecule has 1 heteroatoms. The first-order valence-electron chi connectivity index (χ1n) is 6.74.